The van der Waals surface area contributed by atoms with E-state index in [4.69, 9.17) is 9.47 Å². The van der Waals surface area contributed by atoms with Crippen molar-refractivity contribution in [3.05, 3.63) is 0 Å². The third kappa shape index (κ3) is 1.97. The summed E-state index contributed by atoms with van der Waals surface area (Å²) in [5, 5.41) is 9.62. The summed E-state index contributed by atoms with van der Waals surface area (Å²) in [6, 6.07) is 0. The van der Waals surface area contributed by atoms with Crippen LogP contribution in [-0.4, -0.2) is 30.7 Å². The second-order valence-corrected chi connectivity index (χ2v) is 3.43. The van der Waals surface area contributed by atoms with Crippen LogP contribution in [0.5, 0.6) is 0 Å². The van der Waals surface area contributed by atoms with E-state index in [1.165, 1.54) is 0 Å². The Labute approximate surface area is 73.7 Å². The zero-order chi connectivity index (χ0) is 9.14. The van der Waals surface area contributed by atoms with Crippen molar-refractivity contribution >= 4 is 0 Å². The third-order valence-electron chi connectivity index (χ3n) is 2.55. The predicted octanol–water partition coefficient (Wildman–Crippen LogP) is 1.15. The Bertz CT molecular complexity index is 138. The van der Waals surface area contributed by atoms with Gasteiger partial charge in [0.1, 0.15) is 0 Å². The maximum atomic E-state index is 9.62. The number of hydrogen-bond acceptors (Lipinski definition) is 3. The minimum absolute atomic E-state index is 0.0813. The molecule has 0 radical (unpaired) electrons. The fraction of sp³-hybridized carbons (Fsp3) is 1.00. The first-order valence-electron chi connectivity index (χ1n) is 4.55. The quantitative estimate of drug-likeness (QED) is 0.682. The summed E-state index contributed by atoms with van der Waals surface area (Å²) in [5.41, 5.74) is 0. The van der Waals surface area contributed by atoms with E-state index in [2.05, 4.69) is 6.92 Å². The van der Waals surface area contributed by atoms with Crippen molar-refractivity contribution in [2.24, 2.45) is 5.92 Å². The molecule has 0 bridgehead atoms. The third-order valence-corrected chi connectivity index (χ3v) is 2.55. The topological polar surface area (TPSA) is 38.7 Å². The van der Waals surface area contributed by atoms with E-state index in [1.54, 1.807) is 7.11 Å². The number of aliphatic hydroxyl groups excluding tert-OH is 1. The molecular formula is C9H18O3. The summed E-state index contributed by atoms with van der Waals surface area (Å²) in [7, 11) is 1.62. The Kier molecular flexibility index (Phi) is 3.50. The lowest BCUT2D eigenvalue weighted by Crippen LogP contribution is -2.43. The molecule has 4 unspecified atom stereocenters. The van der Waals surface area contributed by atoms with Crippen LogP contribution in [0.4, 0.5) is 0 Å². The van der Waals surface area contributed by atoms with Crippen LogP contribution in [0.1, 0.15) is 26.7 Å². The molecule has 0 saturated carbocycles. The number of ether oxygens (including phenoxy) is 2. The van der Waals surface area contributed by atoms with Crippen LogP contribution in [0.15, 0.2) is 0 Å². The molecule has 1 saturated heterocycles. The summed E-state index contributed by atoms with van der Waals surface area (Å²) in [6.45, 7) is 4.00. The molecule has 0 aromatic rings. The van der Waals surface area contributed by atoms with Gasteiger partial charge in [-0.15, -0.1) is 0 Å². The Balaban J connectivity index is 2.52. The zero-order valence-corrected chi connectivity index (χ0v) is 7.99. The van der Waals surface area contributed by atoms with Crippen molar-refractivity contribution in [3.63, 3.8) is 0 Å². The molecular weight excluding hydrogens is 156 g/mol. The molecule has 72 valence electrons. The number of aliphatic hydroxyl groups is 1. The largest absolute Gasteiger partial charge is 0.393 e. The smallest absolute Gasteiger partial charge is 0.162 e. The van der Waals surface area contributed by atoms with Gasteiger partial charge in [0.05, 0.1) is 12.2 Å². The van der Waals surface area contributed by atoms with E-state index < -0.39 is 0 Å². The molecule has 0 aromatic carbocycles. The molecule has 1 heterocycles. The van der Waals surface area contributed by atoms with E-state index in [-0.39, 0.29) is 24.4 Å². The van der Waals surface area contributed by atoms with Gasteiger partial charge >= 0.3 is 0 Å². The van der Waals surface area contributed by atoms with Gasteiger partial charge in [0.2, 0.25) is 0 Å². The first kappa shape index (κ1) is 9.96. The van der Waals surface area contributed by atoms with E-state index in [1.807, 2.05) is 6.92 Å². The lowest BCUT2D eigenvalue weighted by atomic mass is 9.94. The standard InChI is InChI=1S/C9H18O3/c1-4-7-5-8(10)6(2)9(11-3)12-7/h6-10H,4-5H2,1-3H3. The highest BCUT2D eigenvalue weighted by Crippen LogP contribution is 2.26. The predicted molar refractivity (Wildman–Crippen MR) is 45.7 cm³/mol. The van der Waals surface area contributed by atoms with Crippen molar-refractivity contribution < 1.29 is 14.6 Å². The van der Waals surface area contributed by atoms with Gasteiger partial charge in [-0.3, -0.25) is 0 Å². The number of rotatable bonds is 2. The molecule has 0 aliphatic carbocycles. The molecule has 1 fully saturated rings. The van der Waals surface area contributed by atoms with Gasteiger partial charge in [0, 0.05) is 19.4 Å². The summed E-state index contributed by atoms with van der Waals surface area (Å²) in [4.78, 5) is 0. The molecule has 1 aliphatic rings. The highest BCUT2D eigenvalue weighted by atomic mass is 16.7. The molecule has 1 rings (SSSR count). The second-order valence-electron chi connectivity index (χ2n) is 3.43. The average molecular weight is 174 g/mol. The van der Waals surface area contributed by atoms with Crippen LogP contribution < -0.4 is 0 Å². The first-order valence-corrected chi connectivity index (χ1v) is 4.55. The first-order chi connectivity index (χ1) is 5.69. The number of methoxy groups -OCH3 is 1. The summed E-state index contributed by atoms with van der Waals surface area (Å²) < 4.78 is 10.7. The van der Waals surface area contributed by atoms with Gasteiger partial charge in [0.15, 0.2) is 6.29 Å². The monoisotopic (exact) mass is 174 g/mol. The molecule has 3 nitrogen and oxygen atoms in total. The van der Waals surface area contributed by atoms with Crippen molar-refractivity contribution in [1.82, 2.24) is 0 Å². The van der Waals surface area contributed by atoms with Crippen LogP contribution >= 0.6 is 0 Å². The fourth-order valence-corrected chi connectivity index (χ4v) is 1.57. The van der Waals surface area contributed by atoms with Crippen LogP contribution in [0.3, 0.4) is 0 Å². The van der Waals surface area contributed by atoms with Crippen LogP contribution in [0.25, 0.3) is 0 Å². The van der Waals surface area contributed by atoms with E-state index in [9.17, 15) is 5.11 Å². The minimum atomic E-state index is -0.284. The van der Waals surface area contributed by atoms with Gasteiger partial charge in [-0.05, 0) is 6.42 Å². The maximum absolute atomic E-state index is 9.62. The average Bonchev–Trinajstić information content (AvgIpc) is 2.09. The van der Waals surface area contributed by atoms with E-state index >= 15 is 0 Å². The molecule has 12 heavy (non-hydrogen) atoms. The molecule has 0 amide bonds. The normalized spacial score (nSPS) is 43.0. The van der Waals surface area contributed by atoms with Gasteiger partial charge < -0.3 is 14.6 Å². The molecule has 0 aromatic heterocycles. The van der Waals surface area contributed by atoms with Crippen LogP contribution in [0.2, 0.25) is 0 Å². The lowest BCUT2D eigenvalue weighted by Gasteiger charge is -2.36. The maximum Gasteiger partial charge on any atom is 0.162 e. The summed E-state index contributed by atoms with van der Waals surface area (Å²) >= 11 is 0. The minimum Gasteiger partial charge on any atom is -0.393 e. The van der Waals surface area contributed by atoms with Gasteiger partial charge in [0.25, 0.3) is 0 Å². The highest BCUT2D eigenvalue weighted by Gasteiger charge is 2.33. The van der Waals surface area contributed by atoms with Crippen molar-refractivity contribution in [3.8, 4) is 0 Å². The van der Waals surface area contributed by atoms with Crippen molar-refractivity contribution in [2.75, 3.05) is 7.11 Å². The SMILES string of the molecule is CCC1CC(O)C(C)C(OC)O1. The lowest BCUT2D eigenvalue weighted by molar-refractivity contribution is -0.233. The van der Waals surface area contributed by atoms with Gasteiger partial charge in [-0.2, -0.15) is 0 Å². The molecule has 1 aliphatic heterocycles. The molecule has 1 N–H and O–H groups in total. The van der Waals surface area contributed by atoms with E-state index in [0.717, 1.165) is 12.8 Å². The highest BCUT2D eigenvalue weighted by molar-refractivity contribution is 4.77. The Morgan fingerprint density at radius 1 is 1.58 bits per heavy atom. The molecule has 0 spiro atoms. The van der Waals surface area contributed by atoms with E-state index in [0.29, 0.717) is 0 Å². The van der Waals surface area contributed by atoms with Gasteiger partial charge in [-0.1, -0.05) is 13.8 Å². The fourth-order valence-electron chi connectivity index (χ4n) is 1.57. The summed E-state index contributed by atoms with van der Waals surface area (Å²) in [6.07, 6.45) is 1.30. The summed E-state index contributed by atoms with van der Waals surface area (Å²) in [5.74, 6) is 0.0813. The Morgan fingerprint density at radius 2 is 2.25 bits per heavy atom. The van der Waals surface area contributed by atoms with Crippen LogP contribution in [0, 0.1) is 5.92 Å². The number of hydrogen-bond donors (Lipinski definition) is 1. The second kappa shape index (κ2) is 4.21. The Hall–Kier alpha value is -0.120. The molecule has 3 heteroatoms. The van der Waals surface area contributed by atoms with Crippen molar-refractivity contribution in [2.45, 2.75) is 45.2 Å². The van der Waals surface area contributed by atoms with Crippen molar-refractivity contribution in [1.29, 1.82) is 0 Å². The van der Waals surface area contributed by atoms with Crippen LogP contribution in [-0.2, 0) is 9.47 Å². The van der Waals surface area contributed by atoms with Gasteiger partial charge in [-0.25, -0.2) is 0 Å². The zero-order valence-electron chi connectivity index (χ0n) is 7.99. The molecule has 4 atom stereocenters. The Morgan fingerprint density at radius 3 is 2.75 bits per heavy atom.